The van der Waals surface area contributed by atoms with Crippen LogP contribution in [0.1, 0.15) is 38.7 Å². The van der Waals surface area contributed by atoms with E-state index in [-0.39, 0.29) is 18.0 Å². The molecule has 0 spiro atoms. The van der Waals surface area contributed by atoms with E-state index < -0.39 is 0 Å². The molecule has 0 N–H and O–H groups in total. The van der Waals surface area contributed by atoms with Crippen molar-refractivity contribution in [1.82, 2.24) is 0 Å². The van der Waals surface area contributed by atoms with Gasteiger partial charge in [0.05, 0.1) is 0 Å². The molecule has 3 heteroatoms. The monoisotopic (exact) mass is 248 g/mol. The Bertz CT molecular complexity index is 408. The van der Waals surface area contributed by atoms with Gasteiger partial charge in [-0.2, -0.15) is 0 Å². The summed E-state index contributed by atoms with van der Waals surface area (Å²) in [6.45, 7) is 6.75. The number of hydrogen-bond acceptors (Lipinski definition) is 3. The smallest absolute Gasteiger partial charge is 0.169 e. The van der Waals surface area contributed by atoms with Crippen LogP contribution >= 0.6 is 0 Å². The maximum atomic E-state index is 11.4. The van der Waals surface area contributed by atoms with Crippen LogP contribution in [0.3, 0.4) is 0 Å². The topological polar surface area (TPSA) is 35.5 Å². The Morgan fingerprint density at radius 3 is 2.44 bits per heavy atom. The summed E-state index contributed by atoms with van der Waals surface area (Å²) in [5, 5.41) is 0. The van der Waals surface area contributed by atoms with Crippen LogP contribution in [0, 0.1) is 0 Å². The van der Waals surface area contributed by atoms with E-state index in [9.17, 15) is 4.79 Å². The Morgan fingerprint density at radius 2 is 1.94 bits per heavy atom. The molecule has 0 bridgehead atoms. The van der Waals surface area contributed by atoms with E-state index in [1.807, 2.05) is 19.1 Å². The maximum absolute atomic E-state index is 11.4. The minimum absolute atomic E-state index is 0.123. The first kappa shape index (κ1) is 13.1. The lowest BCUT2D eigenvalue weighted by Gasteiger charge is -2.34. The van der Waals surface area contributed by atoms with Gasteiger partial charge >= 0.3 is 0 Å². The van der Waals surface area contributed by atoms with E-state index in [2.05, 4.69) is 26.0 Å². The number of benzene rings is 1. The lowest BCUT2D eigenvalue weighted by Crippen LogP contribution is -2.52. The average molecular weight is 248 g/mol. The molecule has 1 fully saturated rings. The normalized spacial score (nSPS) is 23.0. The quantitative estimate of drug-likeness (QED) is 0.803. The molecule has 0 radical (unpaired) electrons. The zero-order valence-corrected chi connectivity index (χ0v) is 11.2. The highest BCUT2D eigenvalue weighted by Crippen LogP contribution is 2.26. The molecular formula is C15H20O3. The molecule has 98 valence electrons. The van der Waals surface area contributed by atoms with Crippen LogP contribution in [0.4, 0.5) is 0 Å². The van der Waals surface area contributed by atoms with Crippen molar-refractivity contribution in [3.8, 4) is 5.75 Å². The summed E-state index contributed by atoms with van der Waals surface area (Å²) < 4.78 is 11.1. The number of carbonyl (C=O) groups is 1. The van der Waals surface area contributed by atoms with E-state index >= 15 is 0 Å². The third-order valence-electron chi connectivity index (χ3n) is 3.24. The van der Waals surface area contributed by atoms with E-state index in [1.54, 1.807) is 0 Å². The highest BCUT2D eigenvalue weighted by molar-refractivity contribution is 5.90. The first-order valence-electron chi connectivity index (χ1n) is 6.52. The van der Waals surface area contributed by atoms with Crippen LogP contribution in [-0.4, -0.2) is 24.6 Å². The summed E-state index contributed by atoms with van der Waals surface area (Å²) in [4.78, 5) is 11.4. The van der Waals surface area contributed by atoms with Gasteiger partial charge in [0.15, 0.2) is 11.9 Å². The molecule has 0 heterocycles. The van der Waals surface area contributed by atoms with Crippen molar-refractivity contribution in [2.75, 3.05) is 6.61 Å². The van der Waals surface area contributed by atoms with Gasteiger partial charge in [0.25, 0.3) is 0 Å². The molecule has 18 heavy (non-hydrogen) atoms. The number of carbonyl (C=O) groups excluding carboxylic acids is 1. The lowest BCUT2D eigenvalue weighted by molar-refractivity contribution is -0.154. The van der Waals surface area contributed by atoms with Gasteiger partial charge < -0.3 is 9.47 Å². The van der Waals surface area contributed by atoms with Crippen LogP contribution in [0.2, 0.25) is 0 Å². The molecule has 1 saturated carbocycles. The SMILES string of the molecule is CCOC1C(=O)CC1Oc1ccc(C(C)C)cc1. The Morgan fingerprint density at radius 1 is 1.28 bits per heavy atom. The van der Waals surface area contributed by atoms with Crippen LogP contribution in [0.15, 0.2) is 24.3 Å². The second kappa shape index (κ2) is 5.53. The summed E-state index contributed by atoms with van der Waals surface area (Å²) in [5.74, 6) is 1.46. The van der Waals surface area contributed by atoms with Crippen LogP contribution < -0.4 is 4.74 Å². The summed E-state index contributed by atoms with van der Waals surface area (Å²) in [6.07, 6.45) is -0.0431. The largest absolute Gasteiger partial charge is 0.487 e. The molecule has 0 saturated heterocycles. The van der Waals surface area contributed by atoms with Crippen LogP contribution in [0.25, 0.3) is 0 Å². The molecule has 2 rings (SSSR count). The molecule has 3 nitrogen and oxygen atoms in total. The lowest BCUT2D eigenvalue weighted by atomic mass is 9.90. The van der Waals surface area contributed by atoms with Crippen molar-refractivity contribution in [2.45, 2.75) is 45.3 Å². The molecular weight excluding hydrogens is 228 g/mol. The van der Waals surface area contributed by atoms with Crippen molar-refractivity contribution in [2.24, 2.45) is 0 Å². The first-order valence-corrected chi connectivity index (χ1v) is 6.52. The molecule has 1 aromatic rings. The van der Waals surface area contributed by atoms with Gasteiger partial charge in [-0.1, -0.05) is 26.0 Å². The minimum atomic E-state index is -0.375. The van der Waals surface area contributed by atoms with E-state index in [0.717, 1.165) is 5.75 Å². The Labute approximate surface area is 108 Å². The van der Waals surface area contributed by atoms with Crippen molar-refractivity contribution in [3.63, 3.8) is 0 Å². The van der Waals surface area contributed by atoms with E-state index in [0.29, 0.717) is 18.9 Å². The van der Waals surface area contributed by atoms with Gasteiger partial charge in [0, 0.05) is 13.0 Å². The van der Waals surface area contributed by atoms with E-state index in [4.69, 9.17) is 9.47 Å². The molecule has 0 amide bonds. The second-order valence-electron chi connectivity index (χ2n) is 4.93. The Balaban J connectivity index is 1.95. The number of hydrogen-bond donors (Lipinski definition) is 0. The third-order valence-corrected chi connectivity index (χ3v) is 3.24. The van der Waals surface area contributed by atoms with Gasteiger partial charge in [-0.15, -0.1) is 0 Å². The molecule has 2 atom stereocenters. The number of Topliss-reactive ketones (excluding diaryl/α,β-unsaturated/α-hetero) is 1. The Kier molecular flexibility index (Phi) is 4.02. The van der Waals surface area contributed by atoms with Gasteiger partial charge in [-0.05, 0) is 30.5 Å². The third kappa shape index (κ3) is 2.72. The molecule has 0 aliphatic heterocycles. The zero-order chi connectivity index (χ0) is 13.1. The van der Waals surface area contributed by atoms with Crippen molar-refractivity contribution >= 4 is 5.78 Å². The zero-order valence-electron chi connectivity index (χ0n) is 11.2. The predicted molar refractivity (Wildman–Crippen MR) is 70.0 cm³/mol. The van der Waals surface area contributed by atoms with Crippen molar-refractivity contribution < 1.29 is 14.3 Å². The summed E-state index contributed by atoms with van der Waals surface area (Å²) in [5.41, 5.74) is 1.29. The highest BCUT2D eigenvalue weighted by Gasteiger charge is 2.42. The van der Waals surface area contributed by atoms with Gasteiger partial charge in [-0.3, -0.25) is 4.79 Å². The minimum Gasteiger partial charge on any atom is -0.487 e. The highest BCUT2D eigenvalue weighted by atomic mass is 16.5. The van der Waals surface area contributed by atoms with Gasteiger partial charge in [-0.25, -0.2) is 0 Å². The van der Waals surface area contributed by atoms with E-state index in [1.165, 1.54) is 5.56 Å². The van der Waals surface area contributed by atoms with Gasteiger partial charge in [0.2, 0.25) is 0 Å². The molecule has 1 aliphatic carbocycles. The fourth-order valence-corrected chi connectivity index (χ4v) is 2.06. The molecule has 1 aliphatic rings. The standard InChI is InChI=1S/C15H20O3/c1-4-17-15-13(16)9-14(15)18-12-7-5-11(6-8-12)10(2)3/h5-8,10,14-15H,4,9H2,1-3H3. The summed E-state index contributed by atoms with van der Waals surface area (Å²) in [6, 6.07) is 8.05. The predicted octanol–water partition coefficient (Wildman–Crippen LogP) is 2.94. The maximum Gasteiger partial charge on any atom is 0.169 e. The molecule has 0 aromatic heterocycles. The summed E-state index contributed by atoms with van der Waals surface area (Å²) >= 11 is 0. The van der Waals surface area contributed by atoms with Crippen molar-refractivity contribution in [1.29, 1.82) is 0 Å². The average Bonchev–Trinajstić information content (AvgIpc) is 2.36. The number of rotatable bonds is 5. The summed E-state index contributed by atoms with van der Waals surface area (Å²) in [7, 11) is 0. The Hall–Kier alpha value is -1.35. The fourth-order valence-electron chi connectivity index (χ4n) is 2.06. The van der Waals surface area contributed by atoms with Gasteiger partial charge in [0.1, 0.15) is 11.9 Å². The van der Waals surface area contributed by atoms with Crippen LogP contribution in [-0.2, 0) is 9.53 Å². The second-order valence-corrected chi connectivity index (χ2v) is 4.93. The number of ether oxygens (including phenoxy) is 2. The van der Waals surface area contributed by atoms with Crippen molar-refractivity contribution in [3.05, 3.63) is 29.8 Å². The molecule has 1 aromatic carbocycles. The number of ketones is 1. The molecule has 2 unspecified atom stereocenters. The van der Waals surface area contributed by atoms with Crippen LogP contribution in [0.5, 0.6) is 5.75 Å². The fraction of sp³-hybridized carbons (Fsp3) is 0.533. The first-order chi connectivity index (χ1) is 8.61.